The van der Waals surface area contributed by atoms with Crippen LogP contribution in [0.3, 0.4) is 0 Å². The minimum Gasteiger partial charge on any atom is -0.444 e. The molecule has 0 bridgehead atoms. The minimum atomic E-state index is -0.437. The van der Waals surface area contributed by atoms with Gasteiger partial charge in [0.15, 0.2) is 0 Å². The number of carbonyl (C=O) groups is 1. The zero-order valence-corrected chi connectivity index (χ0v) is 12.2. The van der Waals surface area contributed by atoms with Gasteiger partial charge in [0.2, 0.25) is 0 Å². The topological polar surface area (TPSA) is 50.4 Å². The summed E-state index contributed by atoms with van der Waals surface area (Å²) < 4.78 is 5.21. The fourth-order valence-electron chi connectivity index (χ4n) is 2.27. The number of alkyl carbamates (subject to hydrolysis) is 1. The Morgan fingerprint density at radius 3 is 2.44 bits per heavy atom. The van der Waals surface area contributed by atoms with Crippen LogP contribution in [0.1, 0.15) is 59.8 Å². The van der Waals surface area contributed by atoms with Crippen molar-refractivity contribution in [3.63, 3.8) is 0 Å². The summed E-state index contributed by atoms with van der Waals surface area (Å²) in [4.78, 5) is 11.5. The number of hydrogen-bond donors (Lipinski definition) is 2. The van der Waals surface area contributed by atoms with Crippen molar-refractivity contribution in [2.45, 2.75) is 71.6 Å². The Labute approximate surface area is 111 Å². The molecule has 106 valence electrons. The first-order chi connectivity index (χ1) is 8.37. The molecule has 0 spiro atoms. The van der Waals surface area contributed by atoms with Crippen molar-refractivity contribution in [1.82, 2.24) is 10.6 Å². The zero-order chi connectivity index (χ0) is 13.6. The van der Waals surface area contributed by atoms with E-state index in [1.54, 1.807) is 0 Å². The highest BCUT2D eigenvalue weighted by molar-refractivity contribution is 5.67. The van der Waals surface area contributed by atoms with Gasteiger partial charge in [0, 0.05) is 0 Å². The van der Waals surface area contributed by atoms with Gasteiger partial charge in [-0.2, -0.15) is 0 Å². The van der Waals surface area contributed by atoms with Gasteiger partial charge in [0.05, 0.1) is 6.17 Å². The molecule has 0 aromatic heterocycles. The summed E-state index contributed by atoms with van der Waals surface area (Å²) in [6.07, 6.45) is 6.30. The molecule has 1 aliphatic rings. The Morgan fingerprint density at radius 2 is 1.89 bits per heavy atom. The third-order valence-corrected chi connectivity index (χ3v) is 3.17. The summed E-state index contributed by atoms with van der Waals surface area (Å²) in [5, 5.41) is 6.16. The van der Waals surface area contributed by atoms with Crippen molar-refractivity contribution in [3.8, 4) is 0 Å². The smallest absolute Gasteiger partial charge is 0.408 e. The molecule has 18 heavy (non-hydrogen) atoms. The third kappa shape index (κ3) is 6.84. The average molecular weight is 256 g/mol. The Hall–Kier alpha value is -0.770. The fraction of sp³-hybridized carbons (Fsp3) is 0.929. The molecule has 1 aliphatic carbocycles. The SMILES string of the molecule is CC(NCC1CCCCC1)NC(=O)OC(C)(C)C. The molecule has 0 aromatic rings. The van der Waals surface area contributed by atoms with Crippen molar-refractivity contribution in [3.05, 3.63) is 0 Å². The number of ether oxygens (including phenoxy) is 1. The molecular formula is C14H28N2O2. The standard InChI is InChI=1S/C14H28N2O2/c1-11(16-13(17)18-14(2,3)4)15-10-12-8-6-5-7-9-12/h11-12,15H,5-10H2,1-4H3,(H,16,17). The quantitative estimate of drug-likeness (QED) is 0.760. The van der Waals surface area contributed by atoms with Gasteiger partial charge >= 0.3 is 6.09 Å². The maximum absolute atomic E-state index is 11.5. The van der Waals surface area contributed by atoms with E-state index in [4.69, 9.17) is 4.74 Å². The normalized spacial score (nSPS) is 19.3. The lowest BCUT2D eigenvalue weighted by Gasteiger charge is -2.25. The van der Waals surface area contributed by atoms with Crippen LogP contribution in [0, 0.1) is 5.92 Å². The fourth-order valence-corrected chi connectivity index (χ4v) is 2.27. The second-order valence-electron chi connectivity index (χ2n) is 6.28. The molecular weight excluding hydrogens is 228 g/mol. The predicted octanol–water partition coefficient (Wildman–Crippen LogP) is 3.03. The maximum Gasteiger partial charge on any atom is 0.408 e. The Morgan fingerprint density at radius 1 is 1.28 bits per heavy atom. The number of rotatable bonds is 4. The van der Waals surface area contributed by atoms with Crippen LogP contribution in [0.25, 0.3) is 0 Å². The zero-order valence-electron chi connectivity index (χ0n) is 12.2. The van der Waals surface area contributed by atoms with Gasteiger partial charge in [-0.1, -0.05) is 19.3 Å². The monoisotopic (exact) mass is 256 g/mol. The summed E-state index contributed by atoms with van der Waals surface area (Å²) in [6, 6.07) is 0. The Bertz CT molecular complexity index is 255. The number of amides is 1. The van der Waals surface area contributed by atoms with Gasteiger partial charge in [-0.05, 0) is 53.0 Å². The summed E-state index contributed by atoms with van der Waals surface area (Å²) in [7, 11) is 0. The Balaban J connectivity index is 2.16. The van der Waals surface area contributed by atoms with Crippen molar-refractivity contribution in [2.75, 3.05) is 6.54 Å². The maximum atomic E-state index is 11.5. The summed E-state index contributed by atoms with van der Waals surface area (Å²) in [5.74, 6) is 0.765. The van der Waals surface area contributed by atoms with E-state index < -0.39 is 5.60 Å². The molecule has 4 heteroatoms. The molecule has 1 amide bonds. The van der Waals surface area contributed by atoms with Crippen LogP contribution in [-0.2, 0) is 4.74 Å². The molecule has 0 heterocycles. The molecule has 1 rings (SSSR count). The molecule has 1 fully saturated rings. The first kappa shape index (κ1) is 15.3. The van der Waals surface area contributed by atoms with E-state index >= 15 is 0 Å². The molecule has 0 aliphatic heterocycles. The molecule has 2 N–H and O–H groups in total. The lowest BCUT2D eigenvalue weighted by molar-refractivity contribution is 0.0498. The number of carbonyl (C=O) groups excluding carboxylic acids is 1. The predicted molar refractivity (Wildman–Crippen MR) is 73.4 cm³/mol. The van der Waals surface area contributed by atoms with Crippen molar-refractivity contribution >= 4 is 6.09 Å². The molecule has 0 aromatic carbocycles. The number of hydrogen-bond acceptors (Lipinski definition) is 3. The molecule has 1 saturated carbocycles. The highest BCUT2D eigenvalue weighted by Crippen LogP contribution is 2.22. The Kier molecular flexibility index (Phi) is 5.93. The highest BCUT2D eigenvalue weighted by atomic mass is 16.6. The van der Waals surface area contributed by atoms with E-state index in [9.17, 15) is 4.79 Å². The van der Waals surface area contributed by atoms with E-state index in [0.29, 0.717) is 0 Å². The van der Waals surface area contributed by atoms with E-state index in [0.717, 1.165) is 12.5 Å². The van der Waals surface area contributed by atoms with Gasteiger partial charge in [0.1, 0.15) is 5.60 Å². The van der Waals surface area contributed by atoms with Gasteiger partial charge in [0.25, 0.3) is 0 Å². The second-order valence-corrected chi connectivity index (χ2v) is 6.28. The van der Waals surface area contributed by atoms with Crippen LogP contribution in [-0.4, -0.2) is 24.4 Å². The summed E-state index contributed by atoms with van der Waals surface area (Å²) in [5.41, 5.74) is -0.437. The van der Waals surface area contributed by atoms with Crippen molar-refractivity contribution < 1.29 is 9.53 Å². The van der Waals surface area contributed by atoms with Gasteiger partial charge in [-0.3, -0.25) is 5.32 Å². The van der Waals surface area contributed by atoms with E-state index in [2.05, 4.69) is 10.6 Å². The van der Waals surface area contributed by atoms with Crippen LogP contribution in [0.5, 0.6) is 0 Å². The van der Waals surface area contributed by atoms with Gasteiger partial charge in [-0.15, -0.1) is 0 Å². The van der Waals surface area contributed by atoms with Crippen LogP contribution in [0.15, 0.2) is 0 Å². The highest BCUT2D eigenvalue weighted by Gasteiger charge is 2.18. The summed E-state index contributed by atoms with van der Waals surface area (Å²) in [6.45, 7) is 8.54. The van der Waals surface area contributed by atoms with E-state index in [1.165, 1.54) is 32.1 Å². The largest absolute Gasteiger partial charge is 0.444 e. The lowest BCUT2D eigenvalue weighted by atomic mass is 9.89. The summed E-state index contributed by atoms with van der Waals surface area (Å²) >= 11 is 0. The van der Waals surface area contributed by atoms with Crippen LogP contribution < -0.4 is 10.6 Å². The molecule has 1 atom stereocenters. The molecule has 4 nitrogen and oxygen atoms in total. The van der Waals surface area contributed by atoms with Crippen LogP contribution >= 0.6 is 0 Å². The van der Waals surface area contributed by atoms with Crippen molar-refractivity contribution in [1.29, 1.82) is 0 Å². The second kappa shape index (κ2) is 6.98. The van der Waals surface area contributed by atoms with Gasteiger partial charge in [-0.25, -0.2) is 4.79 Å². The molecule has 1 unspecified atom stereocenters. The average Bonchev–Trinajstić information content (AvgIpc) is 2.25. The van der Waals surface area contributed by atoms with E-state index in [-0.39, 0.29) is 12.3 Å². The first-order valence-electron chi connectivity index (χ1n) is 7.10. The lowest BCUT2D eigenvalue weighted by Crippen LogP contribution is -2.46. The molecule has 0 saturated heterocycles. The van der Waals surface area contributed by atoms with Crippen LogP contribution in [0.4, 0.5) is 4.79 Å². The van der Waals surface area contributed by atoms with Crippen molar-refractivity contribution in [2.24, 2.45) is 5.92 Å². The molecule has 0 radical (unpaired) electrons. The minimum absolute atomic E-state index is 0.0400. The van der Waals surface area contributed by atoms with Crippen LogP contribution in [0.2, 0.25) is 0 Å². The third-order valence-electron chi connectivity index (χ3n) is 3.17. The number of nitrogens with one attached hydrogen (secondary N) is 2. The first-order valence-corrected chi connectivity index (χ1v) is 7.10. The van der Waals surface area contributed by atoms with Gasteiger partial charge < -0.3 is 10.1 Å². The van der Waals surface area contributed by atoms with E-state index in [1.807, 2.05) is 27.7 Å².